The first-order valence-corrected chi connectivity index (χ1v) is 14.1. The number of allylic oxidation sites excluding steroid dienone is 1. The number of nitrogens with zero attached hydrogens (tertiary/aromatic N) is 2. The Hall–Kier alpha value is -1.47. The normalized spacial score (nSPS) is 14.2. The van der Waals surface area contributed by atoms with Gasteiger partial charge in [-0.1, -0.05) is 101 Å². The second-order valence-corrected chi connectivity index (χ2v) is 11.1. The standard InChI is InChI=1S/C26H35ClN2O2S2/c1-5-9-11-18(7-3)16-30-22-13-21(27)23(31-17-19(8-4)12-10-6-2)25-24(22)32-26(33-25)20(14-28)15-29/h13,18-19H,5-12,16-17H2,1-4H3. The summed E-state index contributed by atoms with van der Waals surface area (Å²) >= 11 is 9.49. The molecule has 0 spiro atoms. The molecule has 1 aliphatic rings. The Morgan fingerprint density at radius 2 is 1.45 bits per heavy atom. The van der Waals surface area contributed by atoms with Gasteiger partial charge in [-0.05, 0) is 24.7 Å². The van der Waals surface area contributed by atoms with Crippen LogP contribution in [0.2, 0.25) is 5.02 Å². The number of rotatable bonds is 14. The van der Waals surface area contributed by atoms with Gasteiger partial charge < -0.3 is 9.47 Å². The quantitative estimate of drug-likeness (QED) is 0.234. The van der Waals surface area contributed by atoms with Gasteiger partial charge >= 0.3 is 0 Å². The molecule has 0 aliphatic carbocycles. The fourth-order valence-electron chi connectivity index (χ4n) is 3.63. The van der Waals surface area contributed by atoms with E-state index in [2.05, 4.69) is 27.7 Å². The van der Waals surface area contributed by atoms with Gasteiger partial charge in [0.25, 0.3) is 0 Å². The first kappa shape index (κ1) is 27.8. The summed E-state index contributed by atoms with van der Waals surface area (Å²) in [5, 5.41) is 19.3. The zero-order chi connectivity index (χ0) is 24.2. The maximum absolute atomic E-state index is 9.39. The van der Waals surface area contributed by atoms with Crippen molar-refractivity contribution in [3.63, 3.8) is 0 Å². The molecule has 7 heteroatoms. The molecular formula is C26H35ClN2O2S2. The average molecular weight is 507 g/mol. The van der Waals surface area contributed by atoms with Crippen LogP contribution in [0.25, 0.3) is 0 Å². The van der Waals surface area contributed by atoms with Crippen LogP contribution in [0.3, 0.4) is 0 Å². The summed E-state index contributed by atoms with van der Waals surface area (Å²) in [7, 11) is 0. The number of unbranched alkanes of at least 4 members (excludes halogenated alkanes) is 2. The van der Waals surface area contributed by atoms with Crippen molar-refractivity contribution >= 4 is 35.1 Å². The van der Waals surface area contributed by atoms with E-state index in [4.69, 9.17) is 21.1 Å². The van der Waals surface area contributed by atoms with Crippen LogP contribution in [0.1, 0.15) is 79.1 Å². The van der Waals surface area contributed by atoms with Gasteiger partial charge in [0.2, 0.25) is 0 Å². The van der Waals surface area contributed by atoms with Crippen LogP contribution in [0, 0.1) is 34.5 Å². The van der Waals surface area contributed by atoms with E-state index in [-0.39, 0.29) is 5.57 Å². The van der Waals surface area contributed by atoms with Crippen LogP contribution in [-0.2, 0) is 0 Å². The number of thioether (sulfide) groups is 2. The summed E-state index contributed by atoms with van der Waals surface area (Å²) in [6.07, 6.45) is 9.10. The molecule has 0 radical (unpaired) electrons. The molecule has 180 valence electrons. The smallest absolute Gasteiger partial charge is 0.153 e. The third kappa shape index (κ3) is 7.78. The van der Waals surface area contributed by atoms with Crippen molar-refractivity contribution in [1.82, 2.24) is 0 Å². The lowest BCUT2D eigenvalue weighted by atomic mass is 10.0. The van der Waals surface area contributed by atoms with Crippen LogP contribution < -0.4 is 9.47 Å². The molecule has 2 rings (SSSR count). The molecule has 33 heavy (non-hydrogen) atoms. The SMILES string of the molecule is CCCCC(CC)COc1cc(Cl)c(OCC(CC)CCCC)c2c1SC(=C(C#N)C#N)S2. The first-order valence-electron chi connectivity index (χ1n) is 12.0. The predicted molar refractivity (Wildman–Crippen MR) is 139 cm³/mol. The van der Waals surface area contributed by atoms with Crippen LogP contribution in [0.15, 0.2) is 25.7 Å². The molecule has 1 aliphatic heterocycles. The van der Waals surface area contributed by atoms with Crippen molar-refractivity contribution in [2.24, 2.45) is 11.8 Å². The third-order valence-electron chi connectivity index (χ3n) is 5.95. The Balaban J connectivity index is 2.33. The molecule has 2 unspecified atom stereocenters. The lowest BCUT2D eigenvalue weighted by Crippen LogP contribution is -2.13. The van der Waals surface area contributed by atoms with Crippen LogP contribution in [-0.4, -0.2) is 13.2 Å². The lowest BCUT2D eigenvalue weighted by Gasteiger charge is -2.20. The van der Waals surface area contributed by atoms with E-state index >= 15 is 0 Å². The van der Waals surface area contributed by atoms with Crippen LogP contribution in [0.5, 0.6) is 11.5 Å². The second-order valence-electron chi connectivity index (χ2n) is 8.39. The van der Waals surface area contributed by atoms with Gasteiger partial charge in [-0.3, -0.25) is 0 Å². The minimum atomic E-state index is 0.109. The fourth-order valence-corrected chi connectivity index (χ4v) is 6.47. The minimum absolute atomic E-state index is 0.109. The fraction of sp³-hybridized carbons (Fsp3) is 0.615. The van der Waals surface area contributed by atoms with Gasteiger partial charge in [0.05, 0.1) is 32.3 Å². The summed E-state index contributed by atoms with van der Waals surface area (Å²) in [6.45, 7) is 10.0. The molecular weight excluding hydrogens is 472 g/mol. The highest BCUT2D eigenvalue weighted by Crippen LogP contribution is 2.60. The highest BCUT2D eigenvalue weighted by Gasteiger charge is 2.31. The van der Waals surface area contributed by atoms with Crippen LogP contribution >= 0.6 is 35.1 Å². The van der Waals surface area contributed by atoms with E-state index < -0.39 is 0 Å². The largest absolute Gasteiger partial charge is 0.492 e. The van der Waals surface area contributed by atoms with Gasteiger partial charge in [-0.25, -0.2) is 0 Å². The number of nitriles is 2. The zero-order valence-electron chi connectivity index (χ0n) is 20.2. The van der Waals surface area contributed by atoms with Gasteiger partial charge in [0.1, 0.15) is 23.5 Å². The highest BCUT2D eigenvalue weighted by molar-refractivity contribution is 8.24. The summed E-state index contributed by atoms with van der Waals surface area (Å²) in [5.41, 5.74) is 0.109. The van der Waals surface area contributed by atoms with Gasteiger partial charge in [0.15, 0.2) is 5.75 Å². The zero-order valence-corrected chi connectivity index (χ0v) is 22.6. The molecule has 1 aromatic rings. The van der Waals surface area contributed by atoms with E-state index in [0.717, 1.165) is 35.5 Å². The van der Waals surface area contributed by atoms with Crippen LogP contribution in [0.4, 0.5) is 0 Å². The van der Waals surface area contributed by atoms with Crippen molar-refractivity contribution in [3.05, 3.63) is 20.9 Å². The minimum Gasteiger partial charge on any atom is -0.492 e. The van der Waals surface area contributed by atoms with E-state index in [9.17, 15) is 10.5 Å². The van der Waals surface area contributed by atoms with E-state index in [1.54, 1.807) is 0 Å². The number of benzene rings is 1. The Bertz CT molecular complexity index is 889. The van der Waals surface area contributed by atoms with Gasteiger partial charge in [0, 0.05) is 6.07 Å². The molecule has 0 aromatic heterocycles. The molecule has 1 heterocycles. The Labute approximate surface area is 213 Å². The average Bonchev–Trinajstić information content (AvgIpc) is 3.26. The van der Waals surface area contributed by atoms with Crippen molar-refractivity contribution in [3.8, 4) is 23.6 Å². The summed E-state index contributed by atoms with van der Waals surface area (Å²) in [6, 6.07) is 5.86. The van der Waals surface area contributed by atoms with Crippen molar-refractivity contribution in [2.75, 3.05) is 13.2 Å². The molecule has 0 amide bonds. The van der Waals surface area contributed by atoms with Gasteiger partial charge in [-0.2, -0.15) is 10.5 Å². The molecule has 1 aromatic carbocycles. The van der Waals surface area contributed by atoms with Crippen molar-refractivity contribution < 1.29 is 9.47 Å². The third-order valence-corrected chi connectivity index (χ3v) is 8.84. The number of fused-ring (bicyclic) bond motifs is 1. The Kier molecular flexibility index (Phi) is 12.4. The predicted octanol–water partition coefficient (Wildman–Crippen LogP) is 8.99. The second kappa shape index (κ2) is 14.7. The summed E-state index contributed by atoms with van der Waals surface area (Å²) in [5.74, 6) is 2.30. The maximum atomic E-state index is 9.39. The van der Waals surface area contributed by atoms with Crippen molar-refractivity contribution in [2.45, 2.75) is 88.9 Å². The number of ether oxygens (including phenoxy) is 2. The molecule has 0 saturated heterocycles. The highest BCUT2D eigenvalue weighted by atomic mass is 35.5. The van der Waals surface area contributed by atoms with Crippen molar-refractivity contribution in [1.29, 1.82) is 10.5 Å². The summed E-state index contributed by atoms with van der Waals surface area (Å²) in [4.78, 5) is 1.75. The monoisotopic (exact) mass is 506 g/mol. The maximum Gasteiger partial charge on any atom is 0.153 e. The topological polar surface area (TPSA) is 66.0 Å². The molecule has 0 fully saturated rings. The number of halogens is 1. The molecule has 0 N–H and O–H groups in total. The van der Waals surface area contributed by atoms with E-state index in [0.29, 0.717) is 45.8 Å². The van der Waals surface area contributed by atoms with E-state index in [1.807, 2.05) is 18.2 Å². The Morgan fingerprint density at radius 3 is 1.97 bits per heavy atom. The molecule has 0 saturated carbocycles. The van der Waals surface area contributed by atoms with E-state index in [1.165, 1.54) is 49.2 Å². The Morgan fingerprint density at radius 1 is 0.909 bits per heavy atom. The number of hydrogen-bond acceptors (Lipinski definition) is 6. The molecule has 2 atom stereocenters. The summed E-state index contributed by atoms with van der Waals surface area (Å²) < 4.78 is 13.2. The van der Waals surface area contributed by atoms with Gasteiger partial charge in [-0.15, -0.1) is 0 Å². The first-order chi connectivity index (χ1) is 16.0. The molecule has 4 nitrogen and oxygen atoms in total. The lowest BCUT2D eigenvalue weighted by molar-refractivity contribution is 0.219. The molecule has 0 bridgehead atoms. The number of hydrogen-bond donors (Lipinski definition) is 0.